The van der Waals surface area contributed by atoms with Crippen molar-refractivity contribution in [2.75, 3.05) is 0 Å². The lowest BCUT2D eigenvalue weighted by atomic mass is 9.64. The predicted molar refractivity (Wildman–Crippen MR) is 146 cm³/mol. The van der Waals surface area contributed by atoms with Gasteiger partial charge in [0.2, 0.25) is 0 Å². The highest BCUT2D eigenvalue weighted by atomic mass is 16.3. The van der Waals surface area contributed by atoms with E-state index < -0.39 is 29.5 Å². The third kappa shape index (κ3) is 8.29. The van der Waals surface area contributed by atoms with E-state index in [4.69, 9.17) is 0 Å². The average molecular weight is 509 g/mol. The van der Waals surface area contributed by atoms with Crippen LogP contribution in [0, 0.1) is 22.7 Å². The Hall–Kier alpha value is -1.44. The molecule has 6 N–H and O–H groups in total. The fraction of sp³-hybridized carbons (Fsp3) is 0.733. The molecule has 0 amide bonds. The second-order valence-corrected chi connectivity index (χ2v) is 12.7. The second kappa shape index (κ2) is 12.0. The van der Waals surface area contributed by atoms with E-state index in [9.17, 15) is 30.6 Å². The van der Waals surface area contributed by atoms with Crippen molar-refractivity contribution in [3.05, 3.63) is 47.8 Å². The molecule has 0 radical (unpaired) electrons. The molecule has 0 bridgehead atoms. The number of rotatable bonds is 7. The van der Waals surface area contributed by atoms with Crippen molar-refractivity contribution < 1.29 is 30.6 Å². The molecule has 2 aliphatic carbocycles. The molecule has 7 atom stereocenters. The van der Waals surface area contributed by atoms with Gasteiger partial charge in [-0.1, -0.05) is 60.3 Å². The van der Waals surface area contributed by atoms with Crippen LogP contribution in [0.4, 0.5) is 0 Å². The van der Waals surface area contributed by atoms with E-state index in [0.29, 0.717) is 6.42 Å². The van der Waals surface area contributed by atoms with E-state index in [-0.39, 0.29) is 28.4 Å². The SMILES string of the molecule is C=CC(C)(O)/C=C/C1=C(C)C(O)C(O)CC1(C)C.CCC(C)(O)CCC1C(C)C(O)C(O)=CC1(C)C. The summed E-state index contributed by atoms with van der Waals surface area (Å²) >= 11 is 0. The highest BCUT2D eigenvalue weighted by Crippen LogP contribution is 2.45. The Labute approximate surface area is 218 Å². The van der Waals surface area contributed by atoms with Crippen LogP contribution in [0.1, 0.15) is 88.0 Å². The quantitative estimate of drug-likeness (QED) is 0.270. The molecule has 6 nitrogen and oxygen atoms in total. The summed E-state index contributed by atoms with van der Waals surface area (Å²) in [7, 11) is 0. The van der Waals surface area contributed by atoms with E-state index >= 15 is 0 Å². The van der Waals surface area contributed by atoms with Gasteiger partial charge in [0.25, 0.3) is 0 Å². The minimum atomic E-state index is -1.07. The van der Waals surface area contributed by atoms with Gasteiger partial charge in [0.1, 0.15) is 18.0 Å². The van der Waals surface area contributed by atoms with Gasteiger partial charge in [-0.05, 0) is 92.4 Å². The largest absolute Gasteiger partial charge is 0.510 e. The molecule has 0 aromatic heterocycles. The second-order valence-electron chi connectivity index (χ2n) is 12.7. The van der Waals surface area contributed by atoms with Crippen LogP contribution in [0.2, 0.25) is 0 Å². The molecule has 0 saturated heterocycles. The molecule has 0 aromatic carbocycles. The summed E-state index contributed by atoms with van der Waals surface area (Å²) in [6, 6.07) is 0. The summed E-state index contributed by atoms with van der Waals surface area (Å²) in [5.41, 5.74) is -0.352. The van der Waals surface area contributed by atoms with Crippen LogP contribution in [0.25, 0.3) is 0 Å². The monoisotopic (exact) mass is 508 g/mol. The van der Waals surface area contributed by atoms with Crippen LogP contribution in [0.3, 0.4) is 0 Å². The van der Waals surface area contributed by atoms with Gasteiger partial charge in [-0.2, -0.15) is 0 Å². The van der Waals surface area contributed by atoms with Crippen LogP contribution in [0.5, 0.6) is 0 Å². The van der Waals surface area contributed by atoms with E-state index in [0.717, 1.165) is 30.4 Å². The molecule has 0 fully saturated rings. The summed E-state index contributed by atoms with van der Waals surface area (Å²) in [4.78, 5) is 0. The first-order valence-electron chi connectivity index (χ1n) is 13.2. The van der Waals surface area contributed by atoms with Gasteiger partial charge in [0.05, 0.1) is 17.3 Å². The van der Waals surface area contributed by atoms with Crippen molar-refractivity contribution in [2.45, 2.75) is 118 Å². The van der Waals surface area contributed by atoms with Crippen LogP contribution in [-0.2, 0) is 0 Å². The fourth-order valence-corrected chi connectivity index (χ4v) is 5.42. The van der Waals surface area contributed by atoms with Crippen LogP contribution in [0.15, 0.2) is 47.8 Å². The molecular formula is C30H52O6. The molecule has 2 rings (SSSR count). The van der Waals surface area contributed by atoms with Crippen LogP contribution < -0.4 is 0 Å². The molecule has 0 aromatic rings. The Morgan fingerprint density at radius 3 is 2.14 bits per heavy atom. The molecule has 0 aliphatic heterocycles. The van der Waals surface area contributed by atoms with E-state index in [1.54, 1.807) is 19.1 Å². The minimum absolute atomic E-state index is 0.0117. The van der Waals surface area contributed by atoms with Crippen molar-refractivity contribution >= 4 is 0 Å². The van der Waals surface area contributed by atoms with Gasteiger partial charge in [0, 0.05) is 0 Å². The molecule has 36 heavy (non-hydrogen) atoms. The topological polar surface area (TPSA) is 121 Å². The van der Waals surface area contributed by atoms with Crippen molar-refractivity contribution in [2.24, 2.45) is 22.7 Å². The van der Waals surface area contributed by atoms with Crippen molar-refractivity contribution in [3.8, 4) is 0 Å². The maximum atomic E-state index is 10.1. The van der Waals surface area contributed by atoms with Gasteiger partial charge >= 0.3 is 0 Å². The summed E-state index contributed by atoms with van der Waals surface area (Å²) in [6.07, 6.45) is 7.21. The first-order chi connectivity index (χ1) is 16.2. The molecule has 0 heterocycles. The zero-order valence-electron chi connectivity index (χ0n) is 23.9. The number of hydrogen-bond donors (Lipinski definition) is 6. The Morgan fingerprint density at radius 2 is 1.64 bits per heavy atom. The van der Waals surface area contributed by atoms with Gasteiger partial charge in [0.15, 0.2) is 0 Å². The Balaban J connectivity index is 0.000000360. The molecule has 2 aliphatic rings. The molecule has 6 heteroatoms. The summed E-state index contributed by atoms with van der Waals surface area (Å²) < 4.78 is 0. The Kier molecular flexibility index (Phi) is 10.8. The summed E-state index contributed by atoms with van der Waals surface area (Å²) in [5.74, 6) is 0.366. The van der Waals surface area contributed by atoms with E-state index in [1.807, 2.05) is 47.6 Å². The average Bonchev–Trinajstić information content (AvgIpc) is 2.75. The van der Waals surface area contributed by atoms with Crippen molar-refractivity contribution in [1.29, 1.82) is 0 Å². The summed E-state index contributed by atoms with van der Waals surface area (Å²) in [5, 5.41) is 59.4. The van der Waals surface area contributed by atoms with Crippen LogP contribution >= 0.6 is 0 Å². The van der Waals surface area contributed by atoms with Crippen molar-refractivity contribution in [3.63, 3.8) is 0 Å². The van der Waals surface area contributed by atoms with Gasteiger partial charge in [-0.3, -0.25) is 0 Å². The third-order valence-electron chi connectivity index (χ3n) is 8.35. The summed E-state index contributed by atoms with van der Waals surface area (Å²) in [6.45, 7) is 21.1. The molecule has 0 spiro atoms. The number of allylic oxidation sites excluding steroid dienone is 3. The van der Waals surface area contributed by atoms with Gasteiger partial charge < -0.3 is 30.6 Å². The van der Waals surface area contributed by atoms with E-state index in [2.05, 4.69) is 20.4 Å². The molecular weight excluding hydrogens is 456 g/mol. The highest BCUT2D eigenvalue weighted by Gasteiger charge is 2.42. The number of aliphatic hydroxyl groups excluding tert-OH is 4. The smallest absolute Gasteiger partial charge is 0.118 e. The molecule has 7 unspecified atom stereocenters. The lowest BCUT2D eigenvalue weighted by molar-refractivity contribution is -0.00555. The standard InChI is InChI=1S/C15H28O3.C15H24O3/c2*1-6-15(5,18)8-7-11-10(2)13(17)12(16)9-14(11,3)4/h9-11,13,16-18H,6-8H2,1-5H3;6-8,12-13,16-18H,1,9H2,2-5H3/b;8-7+. The zero-order chi connectivity index (χ0) is 28.3. The first-order valence-corrected chi connectivity index (χ1v) is 13.2. The lowest BCUT2D eigenvalue weighted by Gasteiger charge is -2.43. The molecule has 208 valence electrons. The molecule has 0 saturated carbocycles. The number of hydrogen-bond acceptors (Lipinski definition) is 6. The zero-order valence-corrected chi connectivity index (χ0v) is 23.9. The van der Waals surface area contributed by atoms with Crippen molar-refractivity contribution in [1.82, 2.24) is 0 Å². The first kappa shape index (κ1) is 32.6. The third-order valence-corrected chi connectivity index (χ3v) is 8.35. The maximum absolute atomic E-state index is 10.1. The van der Waals surface area contributed by atoms with Gasteiger partial charge in [-0.25, -0.2) is 0 Å². The predicted octanol–water partition coefficient (Wildman–Crippen LogP) is 4.97. The van der Waals surface area contributed by atoms with E-state index in [1.165, 1.54) is 6.08 Å². The normalized spacial score (nSPS) is 33.2. The Bertz CT molecular complexity index is 846. The van der Waals surface area contributed by atoms with Crippen LogP contribution in [-0.4, -0.2) is 60.2 Å². The highest BCUT2D eigenvalue weighted by molar-refractivity contribution is 5.37. The fourth-order valence-electron chi connectivity index (χ4n) is 5.42. The minimum Gasteiger partial charge on any atom is -0.510 e. The number of aliphatic hydroxyl groups is 6. The lowest BCUT2D eigenvalue weighted by Crippen LogP contribution is -2.41. The maximum Gasteiger partial charge on any atom is 0.118 e. The van der Waals surface area contributed by atoms with Gasteiger partial charge in [-0.15, -0.1) is 0 Å². The Morgan fingerprint density at radius 1 is 1.08 bits per heavy atom.